The van der Waals surface area contributed by atoms with Crippen molar-refractivity contribution in [1.82, 2.24) is 0 Å². The summed E-state index contributed by atoms with van der Waals surface area (Å²) in [7, 11) is 1.71. The van der Waals surface area contributed by atoms with Gasteiger partial charge in [-0.05, 0) is 42.5 Å². The zero-order valence-corrected chi connectivity index (χ0v) is 9.63. The van der Waals surface area contributed by atoms with Gasteiger partial charge < -0.3 is 4.74 Å². The fourth-order valence-corrected chi connectivity index (χ4v) is 2.42. The van der Waals surface area contributed by atoms with Crippen molar-refractivity contribution in [3.8, 4) is 5.75 Å². The second-order valence-corrected chi connectivity index (χ2v) is 4.13. The lowest BCUT2D eigenvalue weighted by atomic mass is 9.83. The third-order valence-electron chi connectivity index (χ3n) is 3.02. The number of benzene rings is 1. The Balaban J connectivity index is 2.36. The standard InChI is InChI=1S/C13H15ClO/c1-15-12-5-6-13-10(7-8-14)3-2-4-11(13)9-12/h5-10H,2-4H2,1H3/b8-7+. The van der Waals surface area contributed by atoms with E-state index in [2.05, 4.69) is 18.2 Å². The van der Waals surface area contributed by atoms with Gasteiger partial charge in [0.2, 0.25) is 0 Å². The smallest absolute Gasteiger partial charge is 0.119 e. The first-order valence-electron chi connectivity index (χ1n) is 5.29. The molecule has 0 N–H and O–H groups in total. The van der Waals surface area contributed by atoms with Gasteiger partial charge >= 0.3 is 0 Å². The molecule has 0 heterocycles. The van der Waals surface area contributed by atoms with E-state index in [0.717, 1.165) is 12.2 Å². The lowest BCUT2D eigenvalue weighted by Crippen LogP contribution is -2.07. The van der Waals surface area contributed by atoms with Gasteiger partial charge in [0.25, 0.3) is 0 Å². The molecule has 1 nitrogen and oxygen atoms in total. The Morgan fingerprint density at radius 3 is 3.07 bits per heavy atom. The van der Waals surface area contributed by atoms with Gasteiger partial charge in [0.1, 0.15) is 5.75 Å². The number of ether oxygens (including phenoxy) is 1. The molecule has 0 saturated carbocycles. The van der Waals surface area contributed by atoms with Gasteiger partial charge in [0, 0.05) is 11.5 Å². The van der Waals surface area contributed by atoms with E-state index in [1.165, 1.54) is 24.0 Å². The number of fused-ring (bicyclic) bond motifs is 1. The molecule has 1 aliphatic rings. The van der Waals surface area contributed by atoms with Crippen molar-refractivity contribution >= 4 is 11.6 Å². The van der Waals surface area contributed by atoms with E-state index >= 15 is 0 Å². The number of hydrogen-bond donors (Lipinski definition) is 0. The first-order valence-corrected chi connectivity index (χ1v) is 5.72. The maximum atomic E-state index is 5.65. The fraction of sp³-hybridized carbons (Fsp3) is 0.385. The highest BCUT2D eigenvalue weighted by Gasteiger charge is 2.18. The van der Waals surface area contributed by atoms with E-state index in [9.17, 15) is 0 Å². The van der Waals surface area contributed by atoms with Crippen molar-refractivity contribution in [2.24, 2.45) is 0 Å². The van der Waals surface area contributed by atoms with Crippen molar-refractivity contribution in [2.45, 2.75) is 25.2 Å². The third-order valence-corrected chi connectivity index (χ3v) is 3.16. The number of hydrogen-bond acceptors (Lipinski definition) is 1. The topological polar surface area (TPSA) is 9.23 Å². The quantitative estimate of drug-likeness (QED) is 0.738. The molecule has 0 saturated heterocycles. The molecule has 80 valence electrons. The number of allylic oxidation sites excluding steroid dienone is 1. The van der Waals surface area contributed by atoms with Crippen LogP contribution in [0.5, 0.6) is 5.75 Å². The minimum Gasteiger partial charge on any atom is -0.497 e. The maximum Gasteiger partial charge on any atom is 0.119 e. The Morgan fingerprint density at radius 2 is 2.33 bits per heavy atom. The van der Waals surface area contributed by atoms with Crippen LogP contribution in [0.3, 0.4) is 0 Å². The number of aryl methyl sites for hydroxylation is 1. The number of methoxy groups -OCH3 is 1. The molecule has 15 heavy (non-hydrogen) atoms. The van der Waals surface area contributed by atoms with Crippen molar-refractivity contribution in [1.29, 1.82) is 0 Å². The largest absolute Gasteiger partial charge is 0.497 e. The SMILES string of the molecule is COc1ccc2c(c1)CCCC2/C=C/Cl. The Kier molecular flexibility index (Phi) is 3.32. The van der Waals surface area contributed by atoms with E-state index in [4.69, 9.17) is 16.3 Å². The van der Waals surface area contributed by atoms with E-state index in [0.29, 0.717) is 5.92 Å². The van der Waals surface area contributed by atoms with Crippen LogP contribution in [0.1, 0.15) is 29.9 Å². The van der Waals surface area contributed by atoms with Crippen LogP contribution in [0.2, 0.25) is 0 Å². The van der Waals surface area contributed by atoms with E-state index in [1.807, 2.05) is 6.07 Å². The van der Waals surface area contributed by atoms with Gasteiger partial charge in [-0.15, -0.1) is 0 Å². The van der Waals surface area contributed by atoms with Gasteiger partial charge in [-0.2, -0.15) is 0 Å². The summed E-state index contributed by atoms with van der Waals surface area (Å²) in [5, 5.41) is 0. The van der Waals surface area contributed by atoms with Crippen LogP contribution in [0.4, 0.5) is 0 Å². The summed E-state index contributed by atoms with van der Waals surface area (Å²) in [4.78, 5) is 0. The average Bonchev–Trinajstić information content (AvgIpc) is 2.29. The lowest BCUT2D eigenvalue weighted by molar-refractivity contribution is 0.413. The average molecular weight is 223 g/mol. The highest BCUT2D eigenvalue weighted by molar-refractivity contribution is 6.25. The highest BCUT2D eigenvalue weighted by atomic mass is 35.5. The zero-order chi connectivity index (χ0) is 10.7. The van der Waals surface area contributed by atoms with Gasteiger partial charge in [0.05, 0.1) is 7.11 Å². The molecule has 1 aliphatic carbocycles. The Hall–Kier alpha value is -0.950. The minimum atomic E-state index is 0.483. The van der Waals surface area contributed by atoms with Crippen LogP contribution in [0.25, 0.3) is 0 Å². The van der Waals surface area contributed by atoms with Crippen LogP contribution in [0, 0.1) is 0 Å². The maximum absolute atomic E-state index is 5.65. The van der Waals surface area contributed by atoms with Crippen molar-refractivity contribution < 1.29 is 4.74 Å². The Labute approximate surface area is 95.7 Å². The summed E-state index contributed by atoms with van der Waals surface area (Å²) in [5.41, 5.74) is 4.43. The third kappa shape index (κ3) is 2.18. The molecule has 2 heteroatoms. The summed E-state index contributed by atoms with van der Waals surface area (Å²) in [6.07, 6.45) is 5.65. The summed E-state index contributed by atoms with van der Waals surface area (Å²) in [6.45, 7) is 0. The minimum absolute atomic E-state index is 0.483. The molecule has 0 bridgehead atoms. The molecule has 0 spiro atoms. The molecular formula is C13H15ClO. The van der Waals surface area contributed by atoms with Gasteiger partial charge in [-0.25, -0.2) is 0 Å². The normalized spacial score (nSPS) is 20.3. The molecule has 0 aliphatic heterocycles. The van der Waals surface area contributed by atoms with E-state index in [1.54, 1.807) is 12.6 Å². The summed E-state index contributed by atoms with van der Waals surface area (Å²) in [5.74, 6) is 1.43. The molecule has 2 rings (SSSR count). The Morgan fingerprint density at radius 1 is 1.47 bits per heavy atom. The van der Waals surface area contributed by atoms with Gasteiger partial charge in [0.15, 0.2) is 0 Å². The molecule has 1 aromatic rings. The first-order chi connectivity index (χ1) is 7.35. The fourth-order valence-electron chi connectivity index (χ4n) is 2.24. The monoisotopic (exact) mass is 222 g/mol. The highest BCUT2D eigenvalue weighted by Crippen LogP contribution is 2.34. The van der Waals surface area contributed by atoms with Gasteiger partial charge in [-0.3, -0.25) is 0 Å². The summed E-state index contributed by atoms with van der Waals surface area (Å²) >= 11 is 5.65. The van der Waals surface area contributed by atoms with Crippen LogP contribution < -0.4 is 4.74 Å². The molecule has 0 fully saturated rings. The number of halogens is 1. The molecular weight excluding hydrogens is 208 g/mol. The molecule has 1 atom stereocenters. The van der Waals surface area contributed by atoms with Gasteiger partial charge in [-0.1, -0.05) is 23.7 Å². The Bertz CT molecular complexity index is 371. The van der Waals surface area contributed by atoms with Crippen molar-refractivity contribution in [2.75, 3.05) is 7.11 Å². The lowest BCUT2D eigenvalue weighted by Gasteiger charge is -2.23. The van der Waals surface area contributed by atoms with Crippen molar-refractivity contribution in [3.05, 3.63) is 40.9 Å². The molecule has 1 aromatic carbocycles. The molecule has 0 amide bonds. The molecule has 1 unspecified atom stereocenters. The second kappa shape index (κ2) is 4.71. The second-order valence-electron chi connectivity index (χ2n) is 3.88. The van der Waals surface area contributed by atoms with Crippen molar-refractivity contribution in [3.63, 3.8) is 0 Å². The first kappa shape index (κ1) is 10.6. The van der Waals surface area contributed by atoms with Crippen LogP contribution in [0.15, 0.2) is 29.8 Å². The van der Waals surface area contributed by atoms with Crippen LogP contribution in [-0.2, 0) is 6.42 Å². The molecule has 0 aromatic heterocycles. The summed E-state index contributed by atoms with van der Waals surface area (Å²) in [6, 6.07) is 6.33. The molecule has 0 radical (unpaired) electrons. The van der Waals surface area contributed by atoms with E-state index < -0.39 is 0 Å². The number of rotatable bonds is 2. The predicted molar refractivity (Wildman–Crippen MR) is 63.7 cm³/mol. The van der Waals surface area contributed by atoms with Crippen LogP contribution >= 0.6 is 11.6 Å². The van der Waals surface area contributed by atoms with E-state index in [-0.39, 0.29) is 0 Å². The predicted octanol–water partition coefficient (Wildman–Crippen LogP) is 3.87. The zero-order valence-electron chi connectivity index (χ0n) is 8.87. The summed E-state index contributed by atoms with van der Waals surface area (Å²) < 4.78 is 5.23. The van der Waals surface area contributed by atoms with Crippen LogP contribution in [-0.4, -0.2) is 7.11 Å².